The van der Waals surface area contributed by atoms with E-state index in [1.807, 2.05) is 42.5 Å². The van der Waals surface area contributed by atoms with Gasteiger partial charge in [0, 0.05) is 28.7 Å². The summed E-state index contributed by atoms with van der Waals surface area (Å²) in [5, 5.41) is 4.25. The fourth-order valence-electron chi connectivity index (χ4n) is 2.91. The third kappa shape index (κ3) is 5.03. The number of para-hydroxylation sites is 1. The van der Waals surface area contributed by atoms with Gasteiger partial charge in [-0.3, -0.25) is 0 Å². The van der Waals surface area contributed by atoms with E-state index in [1.54, 1.807) is 7.11 Å². The molecule has 0 bridgehead atoms. The molecule has 1 atom stereocenters. The monoisotopic (exact) mass is 381 g/mol. The van der Waals surface area contributed by atoms with Crippen LogP contribution in [0.4, 0.5) is 0 Å². The molecule has 3 nitrogen and oxygen atoms in total. The lowest BCUT2D eigenvalue weighted by Crippen LogP contribution is -2.18. The van der Waals surface area contributed by atoms with Gasteiger partial charge in [0.05, 0.1) is 7.11 Å². The van der Waals surface area contributed by atoms with Crippen molar-refractivity contribution in [1.82, 2.24) is 5.32 Å². The second-order valence-electron chi connectivity index (χ2n) is 6.34. The summed E-state index contributed by atoms with van der Waals surface area (Å²) < 4.78 is 11.6. The molecule has 0 spiro atoms. The van der Waals surface area contributed by atoms with Crippen LogP contribution in [0.15, 0.2) is 72.8 Å². The molecule has 0 fully saturated rings. The molecule has 0 heterocycles. The highest BCUT2D eigenvalue weighted by Crippen LogP contribution is 2.32. The van der Waals surface area contributed by atoms with Crippen LogP contribution in [-0.2, 0) is 13.2 Å². The summed E-state index contributed by atoms with van der Waals surface area (Å²) in [5.74, 6) is 1.46. The van der Waals surface area contributed by atoms with Crippen molar-refractivity contribution in [3.63, 3.8) is 0 Å². The van der Waals surface area contributed by atoms with Gasteiger partial charge in [0.15, 0.2) is 11.5 Å². The maximum Gasteiger partial charge on any atom is 0.166 e. The first-order chi connectivity index (χ1) is 13.2. The van der Waals surface area contributed by atoms with E-state index in [0.29, 0.717) is 23.9 Å². The van der Waals surface area contributed by atoms with Gasteiger partial charge in [-0.15, -0.1) is 0 Å². The van der Waals surface area contributed by atoms with Crippen LogP contribution in [0.3, 0.4) is 0 Å². The zero-order valence-corrected chi connectivity index (χ0v) is 16.4. The Balaban J connectivity index is 1.74. The first-order valence-corrected chi connectivity index (χ1v) is 9.37. The second-order valence-corrected chi connectivity index (χ2v) is 6.75. The van der Waals surface area contributed by atoms with Gasteiger partial charge in [-0.1, -0.05) is 72.3 Å². The van der Waals surface area contributed by atoms with Crippen LogP contribution in [0.2, 0.25) is 5.02 Å². The van der Waals surface area contributed by atoms with Crippen LogP contribution >= 0.6 is 11.6 Å². The van der Waals surface area contributed by atoms with Gasteiger partial charge in [-0.05, 0) is 24.6 Å². The summed E-state index contributed by atoms with van der Waals surface area (Å²) in [6, 6.07) is 24.2. The lowest BCUT2D eigenvalue weighted by Gasteiger charge is -2.18. The van der Waals surface area contributed by atoms with Gasteiger partial charge < -0.3 is 14.8 Å². The van der Waals surface area contributed by atoms with E-state index < -0.39 is 0 Å². The molecule has 0 unspecified atom stereocenters. The predicted octanol–water partition coefficient (Wildman–Crippen LogP) is 5.78. The Morgan fingerprint density at radius 3 is 2.33 bits per heavy atom. The van der Waals surface area contributed by atoms with Crippen LogP contribution in [0, 0.1) is 0 Å². The molecule has 0 saturated carbocycles. The molecule has 0 radical (unpaired) electrons. The molecule has 4 heteroatoms. The quantitative estimate of drug-likeness (QED) is 0.536. The van der Waals surface area contributed by atoms with E-state index >= 15 is 0 Å². The summed E-state index contributed by atoms with van der Waals surface area (Å²) in [5.41, 5.74) is 3.24. The molecule has 0 aliphatic carbocycles. The lowest BCUT2D eigenvalue weighted by atomic mass is 10.1. The third-order valence-corrected chi connectivity index (χ3v) is 4.88. The van der Waals surface area contributed by atoms with Gasteiger partial charge in [0.25, 0.3) is 0 Å². The predicted molar refractivity (Wildman–Crippen MR) is 110 cm³/mol. The fraction of sp³-hybridized carbons (Fsp3) is 0.217. The SMILES string of the molecule is COc1cccc(CN[C@H](C)c2ccccc2)c1OCc1ccccc1Cl. The smallest absolute Gasteiger partial charge is 0.166 e. The van der Waals surface area contributed by atoms with Crippen molar-refractivity contribution >= 4 is 11.6 Å². The van der Waals surface area contributed by atoms with Gasteiger partial charge in [-0.2, -0.15) is 0 Å². The number of methoxy groups -OCH3 is 1. The molecule has 0 saturated heterocycles. The number of benzene rings is 3. The summed E-state index contributed by atoms with van der Waals surface area (Å²) >= 11 is 6.25. The number of hydrogen-bond acceptors (Lipinski definition) is 3. The minimum atomic E-state index is 0.230. The summed E-state index contributed by atoms with van der Waals surface area (Å²) in [4.78, 5) is 0. The van der Waals surface area contributed by atoms with Crippen LogP contribution in [0.5, 0.6) is 11.5 Å². The molecular weight excluding hydrogens is 358 g/mol. The molecule has 0 aromatic heterocycles. The number of nitrogens with one attached hydrogen (secondary N) is 1. The molecule has 0 aliphatic heterocycles. The maximum absolute atomic E-state index is 6.25. The van der Waals surface area contributed by atoms with Gasteiger partial charge in [-0.25, -0.2) is 0 Å². The van der Waals surface area contributed by atoms with E-state index in [0.717, 1.165) is 16.9 Å². The van der Waals surface area contributed by atoms with Crippen molar-refractivity contribution in [1.29, 1.82) is 0 Å². The average molecular weight is 382 g/mol. The van der Waals surface area contributed by atoms with Crippen LogP contribution in [0.25, 0.3) is 0 Å². The molecule has 0 amide bonds. The highest BCUT2D eigenvalue weighted by molar-refractivity contribution is 6.31. The van der Waals surface area contributed by atoms with E-state index in [4.69, 9.17) is 21.1 Å². The zero-order valence-electron chi connectivity index (χ0n) is 15.6. The van der Waals surface area contributed by atoms with Crippen molar-refractivity contribution in [2.24, 2.45) is 0 Å². The largest absolute Gasteiger partial charge is 0.493 e. The Bertz CT molecular complexity index is 867. The lowest BCUT2D eigenvalue weighted by molar-refractivity contribution is 0.280. The van der Waals surface area contributed by atoms with Crippen LogP contribution < -0.4 is 14.8 Å². The topological polar surface area (TPSA) is 30.5 Å². The first kappa shape index (κ1) is 19.3. The first-order valence-electron chi connectivity index (χ1n) is 8.99. The van der Waals surface area contributed by atoms with Gasteiger partial charge in [0.1, 0.15) is 6.61 Å². The van der Waals surface area contributed by atoms with Crippen LogP contribution in [-0.4, -0.2) is 7.11 Å². The van der Waals surface area contributed by atoms with Crippen molar-refractivity contribution in [3.05, 3.63) is 94.5 Å². The zero-order chi connectivity index (χ0) is 19.1. The molecule has 3 aromatic carbocycles. The van der Waals surface area contributed by atoms with Gasteiger partial charge in [0.2, 0.25) is 0 Å². The van der Waals surface area contributed by atoms with Gasteiger partial charge >= 0.3 is 0 Å². The number of hydrogen-bond donors (Lipinski definition) is 1. The highest BCUT2D eigenvalue weighted by atomic mass is 35.5. The van der Waals surface area contributed by atoms with E-state index in [1.165, 1.54) is 5.56 Å². The van der Waals surface area contributed by atoms with Crippen molar-refractivity contribution in [2.45, 2.75) is 26.1 Å². The molecule has 0 aliphatic rings. The standard InChI is InChI=1S/C23H24ClNO2/c1-17(18-9-4-3-5-10-18)25-15-19-12-8-14-22(26-2)23(19)27-16-20-11-6-7-13-21(20)24/h3-14,17,25H,15-16H2,1-2H3/t17-/m1/s1. The Labute approximate surface area is 165 Å². The molecule has 3 rings (SSSR count). The van der Waals surface area contributed by atoms with Crippen molar-refractivity contribution in [2.75, 3.05) is 7.11 Å². The molecule has 140 valence electrons. The summed E-state index contributed by atoms with van der Waals surface area (Å²) in [6.07, 6.45) is 0. The highest BCUT2D eigenvalue weighted by Gasteiger charge is 2.13. The molecule has 27 heavy (non-hydrogen) atoms. The van der Waals surface area contributed by atoms with Crippen molar-refractivity contribution < 1.29 is 9.47 Å². The normalized spacial score (nSPS) is 11.8. The Hall–Kier alpha value is -2.49. The summed E-state index contributed by atoms with van der Waals surface area (Å²) in [6.45, 7) is 3.21. The average Bonchev–Trinajstić information content (AvgIpc) is 2.72. The summed E-state index contributed by atoms with van der Waals surface area (Å²) in [7, 11) is 1.65. The number of ether oxygens (including phenoxy) is 2. The minimum absolute atomic E-state index is 0.230. The fourth-order valence-corrected chi connectivity index (χ4v) is 3.10. The molecule has 3 aromatic rings. The third-order valence-electron chi connectivity index (χ3n) is 4.51. The number of halogens is 1. The van der Waals surface area contributed by atoms with Crippen molar-refractivity contribution in [3.8, 4) is 11.5 Å². The molecular formula is C23H24ClNO2. The van der Waals surface area contributed by atoms with E-state index in [2.05, 4.69) is 42.6 Å². The Morgan fingerprint density at radius 1 is 0.889 bits per heavy atom. The minimum Gasteiger partial charge on any atom is -0.493 e. The molecule has 1 N–H and O–H groups in total. The Morgan fingerprint density at radius 2 is 1.59 bits per heavy atom. The van der Waals surface area contributed by atoms with Crippen LogP contribution in [0.1, 0.15) is 29.7 Å². The van der Waals surface area contributed by atoms with E-state index in [-0.39, 0.29) is 6.04 Å². The maximum atomic E-state index is 6.25. The number of rotatable bonds is 8. The van der Waals surface area contributed by atoms with E-state index in [9.17, 15) is 0 Å². The Kier molecular flexibility index (Phi) is 6.74. The second kappa shape index (κ2) is 9.45.